The molecule has 1 unspecified atom stereocenters. The molecule has 0 aliphatic carbocycles. The summed E-state index contributed by atoms with van der Waals surface area (Å²) in [4.78, 5) is 0. The van der Waals surface area contributed by atoms with Crippen LogP contribution in [0.4, 0.5) is 4.39 Å². The lowest BCUT2D eigenvalue weighted by Crippen LogP contribution is -2.20. The van der Waals surface area contributed by atoms with E-state index in [-0.39, 0.29) is 12.7 Å². The summed E-state index contributed by atoms with van der Waals surface area (Å²) in [5.74, 6) is 0. The second-order valence-corrected chi connectivity index (χ2v) is 4.29. The Kier molecular flexibility index (Phi) is 4.10. The molecule has 1 nitrogen and oxygen atoms in total. The highest BCUT2D eigenvalue weighted by atomic mass is 19.1. The average Bonchev–Trinajstić information content (AvgIpc) is 2.38. The maximum Gasteiger partial charge on any atom is 0.0906 e. The molecule has 2 heteroatoms. The minimum Gasteiger partial charge on any atom is -0.310 e. The standard InChI is InChI=1S/C15H18FN/c1-12(17-11-5-10-16)14-9-4-7-13-6-2-3-8-15(13)14/h2-4,6-9,12,17H,5,10-11H2,1H3. The highest BCUT2D eigenvalue weighted by Crippen LogP contribution is 2.23. The van der Waals surface area contributed by atoms with Crippen LogP contribution in [-0.2, 0) is 0 Å². The van der Waals surface area contributed by atoms with Gasteiger partial charge in [0.15, 0.2) is 0 Å². The number of halogens is 1. The Balaban J connectivity index is 2.22. The molecular weight excluding hydrogens is 213 g/mol. The summed E-state index contributed by atoms with van der Waals surface area (Å²) in [6.45, 7) is 2.59. The van der Waals surface area contributed by atoms with Gasteiger partial charge in [-0.25, -0.2) is 0 Å². The van der Waals surface area contributed by atoms with Gasteiger partial charge in [0.2, 0.25) is 0 Å². The zero-order valence-corrected chi connectivity index (χ0v) is 10.1. The third-order valence-electron chi connectivity index (χ3n) is 3.05. The fourth-order valence-electron chi connectivity index (χ4n) is 2.12. The summed E-state index contributed by atoms with van der Waals surface area (Å²) in [6.07, 6.45) is 0.578. The van der Waals surface area contributed by atoms with Gasteiger partial charge in [0.25, 0.3) is 0 Å². The van der Waals surface area contributed by atoms with Crippen molar-refractivity contribution in [3.63, 3.8) is 0 Å². The molecule has 0 heterocycles. The van der Waals surface area contributed by atoms with E-state index in [9.17, 15) is 4.39 Å². The normalized spacial score (nSPS) is 12.8. The maximum absolute atomic E-state index is 12.1. The molecule has 0 radical (unpaired) electrons. The number of fused-ring (bicyclic) bond motifs is 1. The van der Waals surface area contributed by atoms with E-state index in [1.807, 2.05) is 6.07 Å². The molecule has 0 saturated heterocycles. The number of rotatable bonds is 5. The molecule has 0 spiro atoms. The highest BCUT2D eigenvalue weighted by molar-refractivity contribution is 5.86. The molecule has 0 aliphatic rings. The second kappa shape index (κ2) is 5.78. The van der Waals surface area contributed by atoms with Gasteiger partial charge < -0.3 is 5.32 Å². The topological polar surface area (TPSA) is 12.0 Å². The molecule has 1 atom stereocenters. The molecular formula is C15H18FN. The summed E-state index contributed by atoms with van der Waals surface area (Å²) in [5, 5.41) is 5.88. The van der Waals surface area contributed by atoms with Crippen LogP contribution in [-0.4, -0.2) is 13.2 Å². The molecule has 17 heavy (non-hydrogen) atoms. The minimum absolute atomic E-state index is 0.255. The van der Waals surface area contributed by atoms with Crippen LogP contribution in [0.15, 0.2) is 42.5 Å². The van der Waals surface area contributed by atoms with Gasteiger partial charge in [0.05, 0.1) is 6.67 Å². The first kappa shape index (κ1) is 12.1. The molecule has 90 valence electrons. The largest absolute Gasteiger partial charge is 0.310 e. The zero-order chi connectivity index (χ0) is 12.1. The molecule has 0 fully saturated rings. The Hall–Kier alpha value is -1.41. The van der Waals surface area contributed by atoms with Crippen molar-refractivity contribution in [2.45, 2.75) is 19.4 Å². The van der Waals surface area contributed by atoms with E-state index in [0.29, 0.717) is 6.42 Å². The van der Waals surface area contributed by atoms with Crippen LogP contribution in [0.1, 0.15) is 24.9 Å². The van der Waals surface area contributed by atoms with Crippen LogP contribution < -0.4 is 5.32 Å². The van der Waals surface area contributed by atoms with Crippen molar-refractivity contribution >= 4 is 10.8 Å². The summed E-state index contributed by atoms with van der Waals surface area (Å²) in [7, 11) is 0. The van der Waals surface area contributed by atoms with Crippen molar-refractivity contribution in [3.8, 4) is 0 Å². The molecule has 0 aliphatic heterocycles. The second-order valence-electron chi connectivity index (χ2n) is 4.29. The third-order valence-corrected chi connectivity index (χ3v) is 3.05. The lowest BCUT2D eigenvalue weighted by molar-refractivity contribution is 0.446. The summed E-state index contributed by atoms with van der Waals surface area (Å²) in [5.41, 5.74) is 1.28. The van der Waals surface area contributed by atoms with Gasteiger partial charge in [-0.05, 0) is 36.2 Å². The van der Waals surface area contributed by atoms with Crippen molar-refractivity contribution in [2.75, 3.05) is 13.2 Å². The lowest BCUT2D eigenvalue weighted by atomic mass is 10.00. The number of hydrogen-bond acceptors (Lipinski definition) is 1. The fraction of sp³-hybridized carbons (Fsp3) is 0.333. The predicted octanol–water partition coefficient (Wildman–Crippen LogP) is 3.85. The first-order valence-corrected chi connectivity index (χ1v) is 6.10. The number of benzene rings is 2. The first-order valence-electron chi connectivity index (χ1n) is 6.10. The summed E-state index contributed by atoms with van der Waals surface area (Å²) < 4.78 is 12.1. The highest BCUT2D eigenvalue weighted by Gasteiger charge is 2.07. The Bertz CT molecular complexity index is 476. The van der Waals surface area contributed by atoms with Crippen LogP contribution in [0.25, 0.3) is 10.8 Å². The van der Waals surface area contributed by atoms with Gasteiger partial charge in [-0.2, -0.15) is 0 Å². The van der Waals surface area contributed by atoms with E-state index < -0.39 is 0 Å². The first-order chi connectivity index (χ1) is 8.33. The van der Waals surface area contributed by atoms with E-state index in [1.54, 1.807) is 0 Å². The Morgan fingerprint density at radius 2 is 1.88 bits per heavy atom. The third kappa shape index (κ3) is 2.83. The monoisotopic (exact) mass is 231 g/mol. The number of nitrogens with one attached hydrogen (secondary N) is 1. The SMILES string of the molecule is CC(NCCCF)c1cccc2ccccc12. The smallest absolute Gasteiger partial charge is 0.0906 e. The average molecular weight is 231 g/mol. The Morgan fingerprint density at radius 1 is 1.12 bits per heavy atom. The van der Waals surface area contributed by atoms with E-state index in [0.717, 1.165) is 6.54 Å². The van der Waals surface area contributed by atoms with Crippen LogP contribution >= 0.6 is 0 Å². The fourth-order valence-corrected chi connectivity index (χ4v) is 2.12. The van der Waals surface area contributed by atoms with E-state index in [2.05, 4.69) is 48.6 Å². The Labute approximate surface area is 102 Å². The molecule has 2 rings (SSSR count). The van der Waals surface area contributed by atoms with Crippen molar-refractivity contribution in [1.29, 1.82) is 0 Å². The zero-order valence-electron chi connectivity index (χ0n) is 10.1. The van der Waals surface area contributed by atoms with E-state index >= 15 is 0 Å². The van der Waals surface area contributed by atoms with Gasteiger partial charge in [-0.1, -0.05) is 42.5 Å². The van der Waals surface area contributed by atoms with Crippen molar-refractivity contribution in [3.05, 3.63) is 48.0 Å². The Morgan fingerprint density at radius 3 is 2.71 bits per heavy atom. The minimum atomic E-state index is -0.255. The lowest BCUT2D eigenvalue weighted by Gasteiger charge is -2.16. The predicted molar refractivity (Wildman–Crippen MR) is 71.0 cm³/mol. The molecule has 0 bridgehead atoms. The molecule has 0 aromatic heterocycles. The summed E-state index contributed by atoms with van der Waals surface area (Å²) in [6, 6.07) is 14.9. The van der Waals surface area contributed by atoms with Crippen LogP contribution in [0.2, 0.25) is 0 Å². The maximum atomic E-state index is 12.1. The quantitative estimate of drug-likeness (QED) is 0.771. The van der Waals surface area contributed by atoms with Crippen molar-refractivity contribution in [2.24, 2.45) is 0 Å². The van der Waals surface area contributed by atoms with Crippen LogP contribution in [0, 0.1) is 0 Å². The van der Waals surface area contributed by atoms with Crippen molar-refractivity contribution in [1.82, 2.24) is 5.32 Å². The van der Waals surface area contributed by atoms with Crippen LogP contribution in [0.3, 0.4) is 0 Å². The van der Waals surface area contributed by atoms with Gasteiger partial charge in [0, 0.05) is 6.04 Å². The van der Waals surface area contributed by atoms with E-state index in [1.165, 1.54) is 16.3 Å². The molecule has 0 amide bonds. The molecule has 1 N–H and O–H groups in total. The molecule has 0 saturated carbocycles. The van der Waals surface area contributed by atoms with Gasteiger partial charge in [-0.15, -0.1) is 0 Å². The van der Waals surface area contributed by atoms with Crippen molar-refractivity contribution < 1.29 is 4.39 Å². The van der Waals surface area contributed by atoms with E-state index in [4.69, 9.17) is 0 Å². The van der Waals surface area contributed by atoms with Gasteiger partial charge in [-0.3, -0.25) is 4.39 Å². The van der Waals surface area contributed by atoms with Gasteiger partial charge >= 0.3 is 0 Å². The molecule has 2 aromatic rings. The number of alkyl halides is 1. The van der Waals surface area contributed by atoms with Gasteiger partial charge in [0.1, 0.15) is 0 Å². The number of hydrogen-bond donors (Lipinski definition) is 1. The van der Waals surface area contributed by atoms with Crippen LogP contribution in [0.5, 0.6) is 0 Å². The summed E-state index contributed by atoms with van der Waals surface area (Å²) >= 11 is 0. The molecule has 2 aromatic carbocycles.